The first-order valence-corrected chi connectivity index (χ1v) is 11.4. The molecule has 0 radical (unpaired) electrons. The molecule has 3 rings (SSSR count). The maximum absolute atomic E-state index is 13.4. The molecule has 27 heavy (non-hydrogen) atoms. The van der Waals surface area contributed by atoms with Crippen LogP contribution >= 0.6 is 11.8 Å². The third kappa shape index (κ3) is 5.97. The Morgan fingerprint density at radius 2 is 1.37 bits per heavy atom. The van der Waals surface area contributed by atoms with E-state index in [1.54, 1.807) is 0 Å². The highest BCUT2D eigenvalue weighted by molar-refractivity contribution is 7.99. The highest BCUT2D eigenvalue weighted by Gasteiger charge is 2.46. The molecule has 158 valence electrons. The van der Waals surface area contributed by atoms with Crippen molar-refractivity contribution < 1.29 is 17.6 Å². The summed E-state index contributed by atoms with van der Waals surface area (Å²) in [4.78, 5) is 6.21. The van der Waals surface area contributed by atoms with Crippen molar-refractivity contribution in [2.45, 2.75) is 75.9 Å². The topological polar surface area (TPSA) is 9.72 Å². The molecule has 3 heterocycles. The van der Waals surface area contributed by atoms with Gasteiger partial charge in [-0.2, -0.15) is 0 Å². The van der Waals surface area contributed by atoms with Crippen LogP contribution in [0.15, 0.2) is 0 Å². The third-order valence-electron chi connectivity index (χ3n) is 6.45. The number of nitrogens with zero attached hydrogens (tertiary/aromatic N) is 3. The molecule has 0 N–H and O–H groups in total. The van der Waals surface area contributed by atoms with Gasteiger partial charge in [0, 0.05) is 49.3 Å². The lowest BCUT2D eigenvalue weighted by Gasteiger charge is -2.45. The standard InChI is InChI=1S/C19H33F4N3S/c1-15(24-8-7-18(20,21)11-24)3-5-17(26-12-19(22,23)13-26)6-4-16(2)25-9-10-27-14-25/h15-17H,3-14H2,1-2H3. The van der Waals surface area contributed by atoms with E-state index in [-0.39, 0.29) is 38.1 Å². The zero-order valence-corrected chi connectivity index (χ0v) is 17.3. The van der Waals surface area contributed by atoms with Crippen molar-refractivity contribution in [3.8, 4) is 0 Å². The number of hydrogen-bond acceptors (Lipinski definition) is 4. The first-order valence-electron chi connectivity index (χ1n) is 10.2. The third-order valence-corrected chi connectivity index (χ3v) is 7.43. The van der Waals surface area contributed by atoms with E-state index in [0.717, 1.165) is 38.1 Å². The van der Waals surface area contributed by atoms with Crippen LogP contribution in [-0.4, -0.2) is 89.0 Å². The number of alkyl halides is 4. The second kappa shape index (κ2) is 8.76. The second-order valence-corrected chi connectivity index (χ2v) is 9.77. The van der Waals surface area contributed by atoms with Crippen LogP contribution < -0.4 is 0 Å². The molecule has 0 aliphatic carbocycles. The molecule has 0 aromatic carbocycles. The van der Waals surface area contributed by atoms with E-state index >= 15 is 0 Å². The average molecular weight is 412 g/mol. The molecule has 0 aromatic rings. The Labute approximate surface area is 164 Å². The average Bonchev–Trinajstić information content (AvgIpc) is 3.21. The fraction of sp³-hybridized carbons (Fsp3) is 1.00. The number of halogens is 4. The number of hydrogen-bond donors (Lipinski definition) is 0. The summed E-state index contributed by atoms with van der Waals surface area (Å²) in [7, 11) is 0. The predicted molar refractivity (Wildman–Crippen MR) is 103 cm³/mol. The van der Waals surface area contributed by atoms with E-state index in [4.69, 9.17) is 0 Å². The van der Waals surface area contributed by atoms with Gasteiger partial charge in [-0.05, 0) is 39.5 Å². The molecule has 0 saturated carbocycles. The van der Waals surface area contributed by atoms with E-state index < -0.39 is 11.8 Å². The maximum Gasteiger partial charge on any atom is 0.272 e. The number of thioether (sulfide) groups is 1. The van der Waals surface area contributed by atoms with Gasteiger partial charge in [0.15, 0.2) is 0 Å². The number of likely N-dealkylation sites (tertiary alicyclic amines) is 2. The van der Waals surface area contributed by atoms with E-state index in [1.807, 2.05) is 28.5 Å². The highest BCUT2D eigenvalue weighted by atomic mass is 32.2. The molecule has 0 spiro atoms. The lowest BCUT2D eigenvalue weighted by Crippen LogP contribution is -2.60. The monoisotopic (exact) mass is 411 g/mol. The van der Waals surface area contributed by atoms with Crippen molar-refractivity contribution in [1.82, 2.24) is 14.7 Å². The Morgan fingerprint density at radius 1 is 0.778 bits per heavy atom. The Kier molecular flexibility index (Phi) is 7.02. The van der Waals surface area contributed by atoms with Gasteiger partial charge in [-0.15, -0.1) is 11.8 Å². The van der Waals surface area contributed by atoms with Crippen molar-refractivity contribution in [2.75, 3.05) is 44.4 Å². The zero-order valence-electron chi connectivity index (χ0n) is 16.5. The Balaban J connectivity index is 1.47. The maximum atomic E-state index is 13.4. The van der Waals surface area contributed by atoms with Gasteiger partial charge in [0.1, 0.15) is 0 Å². The molecular weight excluding hydrogens is 378 g/mol. The van der Waals surface area contributed by atoms with Gasteiger partial charge < -0.3 is 0 Å². The quantitative estimate of drug-likeness (QED) is 0.531. The van der Waals surface area contributed by atoms with Gasteiger partial charge >= 0.3 is 0 Å². The van der Waals surface area contributed by atoms with Gasteiger partial charge in [-0.3, -0.25) is 14.7 Å². The lowest BCUT2D eigenvalue weighted by molar-refractivity contribution is -0.148. The summed E-state index contributed by atoms with van der Waals surface area (Å²) in [6, 6.07) is 0.682. The van der Waals surface area contributed by atoms with E-state index in [9.17, 15) is 17.6 Å². The van der Waals surface area contributed by atoms with Crippen LogP contribution in [0.1, 0.15) is 46.0 Å². The molecule has 3 aliphatic rings. The van der Waals surface area contributed by atoms with Gasteiger partial charge in [-0.25, -0.2) is 17.6 Å². The van der Waals surface area contributed by atoms with Crippen molar-refractivity contribution in [1.29, 1.82) is 0 Å². The summed E-state index contributed by atoms with van der Waals surface area (Å²) in [5.74, 6) is -2.90. The first-order chi connectivity index (χ1) is 12.7. The molecule has 3 unspecified atom stereocenters. The van der Waals surface area contributed by atoms with Gasteiger partial charge in [0.2, 0.25) is 0 Å². The van der Waals surface area contributed by atoms with Crippen molar-refractivity contribution in [3.63, 3.8) is 0 Å². The van der Waals surface area contributed by atoms with E-state index in [1.165, 1.54) is 5.75 Å². The minimum absolute atomic E-state index is 0.0650. The normalized spacial score (nSPS) is 29.6. The van der Waals surface area contributed by atoms with Crippen LogP contribution in [0.3, 0.4) is 0 Å². The summed E-state index contributed by atoms with van der Waals surface area (Å²) in [6.45, 7) is 5.30. The minimum atomic E-state index is -2.57. The summed E-state index contributed by atoms with van der Waals surface area (Å²) >= 11 is 1.94. The molecule has 3 aliphatic heterocycles. The van der Waals surface area contributed by atoms with Crippen molar-refractivity contribution in [2.24, 2.45) is 0 Å². The SMILES string of the molecule is CC(CCC(CCC(C)N1CCC(F)(F)C1)N1CC(F)(F)C1)N1CCSC1. The second-order valence-electron chi connectivity index (χ2n) is 8.69. The van der Waals surface area contributed by atoms with Crippen LogP contribution in [0.25, 0.3) is 0 Å². The van der Waals surface area contributed by atoms with Gasteiger partial charge in [0.05, 0.1) is 19.6 Å². The van der Waals surface area contributed by atoms with E-state index in [0.29, 0.717) is 12.6 Å². The van der Waals surface area contributed by atoms with Crippen LogP contribution in [0.5, 0.6) is 0 Å². The van der Waals surface area contributed by atoms with Gasteiger partial charge in [0.25, 0.3) is 11.8 Å². The fourth-order valence-corrected chi connectivity index (χ4v) is 5.57. The minimum Gasteiger partial charge on any atom is -0.295 e. The summed E-state index contributed by atoms with van der Waals surface area (Å²) < 4.78 is 53.7. The molecule has 0 aromatic heterocycles. The largest absolute Gasteiger partial charge is 0.295 e. The van der Waals surface area contributed by atoms with Crippen LogP contribution in [0, 0.1) is 0 Å². The molecule has 0 amide bonds. The predicted octanol–water partition coefficient (Wildman–Crippen LogP) is 3.99. The van der Waals surface area contributed by atoms with Crippen LogP contribution in [0.4, 0.5) is 17.6 Å². The molecule has 8 heteroatoms. The van der Waals surface area contributed by atoms with Crippen LogP contribution in [0.2, 0.25) is 0 Å². The smallest absolute Gasteiger partial charge is 0.272 e. The highest BCUT2D eigenvalue weighted by Crippen LogP contribution is 2.33. The summed E-state index contributed by atoms with van der Waals surface area (Å²) in [5.41, 5.74) is 0. The number of rotatable bonds is 9. The Hall–Kier alpha value is -0.0500. The molecule has 0 bridgehead atoms. The molecule has 3 fully saturated rings. The zero-order chi connectivity index (χ0) is 19.7. The van der Waals surface area contributed by atoms with Gasteiger partial charge in [-0.1, -0.05) is 0 Å². The van der Waals surface area contributed by atoms with Crippen molar-refractivity contribution in [3.05, 3.63) is 0 Å². The summed E-state index contributed by atoms with van der Waals surface area (Å²) in [5, 5.41) is 0. The Bertz CT molecular complexity index is 480. The fourth-order valence-electron chi connectivity index (χ4n) is 4.46. The van der Waals surface area contributed by atoms with E-state index in [2.05, 4.69) is 11.8 Å². The molecule has 3 nitrogen and oxygen atoms in total. The summed E-state index contributed by atoms with van der Waals surface area (Å²) in [6.07, 6.45) is 3.44. The van der Waals surface area contributed by atoms with Crippen molar-refractivity contribution >= 4 is 11.8 Å². The van der Waals surface area contributed by atoms with Crippen LogP contribution in [-0.2, 0) is 0 Å². The first kappa shape index (κ1) is 21.7. The lowest BCUT2D eigenvalue weighted by atomic mass is 9.95. The molecular formula is C19H33F4N3S. The Morgan fingerprint density at radius 3 is 1.85 bits per heavy atom. The molecule has 3 atom stereocenters. The molecule has 3 saturated heterocycles.